The number of nitrogens with zero attached hydrogens (tertiary/aromatic N) is 1. The first-order valence-corrected chi connectivity index (χ1v) is 4.93. The average molecular weight is 213 g/mol. The molecule has 0 aliphatic rings. The third-order valence-electron chi connectivity index (χ3n) is 1.94. The monoisotopic (exact) mass is 212 g/mol. The molecule has 0 aliphatic heterocycles. The van der Waals surface area contributed by atoms with Gasteiger partial charge in [0.2, 0.25) is 0 Å². The molecule has 0 bridgehead atoms. The summed E-state index contributed by atoms with van der Waals surface area (Å²) < 4.78 is 0. The summed E-state index contributed by atoms with van der Waals surface area (Å²) >= 11 is 5.74. The number of halogens is 1. The number of aromatic nitrogens is 1. The maximum Gasteiger partial charge on any atom is 0.270 e. The van der Waals surface area contributed by atoms with Crippen molar-refractivity contribution in [1.82, 2.24) is 10.3 Å². The molecule has 1 unspecified atom stereocenters. The van der Waals surface area contributed by atoms with E-state index in [9.17, 15) is 4.79 Å². The molecular weight excluding hydrogens is 200 g/mol. The number of carbonyl (C=O) groups is 1. The molecule has 14 heavy (non-hydrogen) atoms. The van der Waals surface area contributed by atoms with Crippen LogP contribution in [0.2, 0.25) is 5.02 Å². The second-order valence-corrected chi connectivity index (χ2v) is 3.58. The highest BCUT2D eigenvalue weighted by molar-refractivity contribution is 6.30. The van der Waals surface area contributed by atoms with Gasteiger partial charge in [0.05, 0.1) is 0 Å². The van der Waals surface area contributed by atoms with Crippen molar-refractivity contribution in [2.24, 2.45) is 0 Å². The third kappa shape index (κ3) is 3.00. The minimum Gasteiger partial charge on any atom is -0.348 e. The fourth-order valence-corrected chi connectivity index (χ4v) is 1.09. The van der Waals surface area contributed by atoms with E-state index in [1.807, 2.05) is 13.8 Å². The summed E-state index contributed by atoms with van der Waals surface area (Å²) in [5.41, 5.74) is 0.359. The Balaban J connectivity index is 2.70. The molecule has 4 heteroatoms. The van der Waals surface area contributed by atoms with Crippen molar-refractivity contribution < 1.29 is 4.79 Å². The molecule has 1 rings (SSSR count). The van der Waals surface area contributed by atoms with Crippen molar-refractivity contribution in [1.29, 1.82) is 0 Å². The Morgan fingerprint density at radius 3 is 3.00 bits per heavy atom. The molecule has 0 saturated heterocycles. The van der Waals surface area contributed by atoms with Crippen molar-refractivity contribution in [3.05, 3.63) is 29.0 Å². The van der Waals surface area contributed by atoms with Crippen molar-refractivity contribution in [2.45, 2.75) is 26.3 Å². The summed E-state index contributed by atoms with van der Waals surface area (Å²) in [4.78, 5) is 15.5. The Morgan fingerprint density at radius 2 is 2.43 bits per heavy atom. The number of hydrogen-bond donors (Lipinski definition) is 1. The zero-order valence-corrected chi connectivity index (χ0v) is 9.01. The number of hydrogen-bond acceptors (Lipinski definition) is 2. The topological polar surface area (TPSA) is 42.0 Å². The van der Waals surface area contributed by atoms with E-state index >= 15 is 0 Å². The largest absolute Gasteiger partial charge is 0.348 e. The smallest absolute Gasteiger partial charge is 0.270 e. The van der Waals surface area contributed by atoms with Gasteiger partial charge in [-0.1, -0.05) is 18.5 Å². The molecule has 0 aliphatic carbocycles. The van der Waals surface area contributed by atoms with Gasteiger partial charge in [0, 0.05) is 17.3 Å². The van der Waals surface area contributed by atoms with Crippen LogP contribution in [0.4, 0.5) is 0 Å². The lowest BCUT2D eigenvalue weighted by Crippen LogP contribution is -2.32. The molecule has 0 spiro atoms. The first-order valence-electron chi connectivity index (χ1n) is 4.56. The SMILES string of the molecule is CCC(C)NC(=O)c1cc(Cl)ccn1. The van der Waals surface area contributed by atoms with E-state index in [2.05, 4.69) is 10.3 Å². The molecule has 1 atom stereocenters. The normalized spacial score (nSPS) is 12.2. The zero-order valence-electron chi connectivity index (χ0n) is 8.25. The first kappa shape index (κ1) is 11.0. The fourth-order valence-electron chi connectivity index (χ4n) is 0.929. The van der Waals surface area contributed by atoms with Crippen LogP contribution >= 0.6 is 11.6 Å². The van der Waals surface area contributed by atoms with Gasteiger partial charge < -0.3 is 5.32 Å². The zero-order chi connectivity index (χ0) is 10.6. The van der Waals surface area contributed by atoms with Crippen molar-refractivity contribution in [3.63, 3.8) is 0 Å². The van der Waals surface area contributed by atoms with E-state index in [4.69, 9.17) is 11.6 Å². The molecule has 1 heterocycles. The third-order valence-corrected chi connectivity index (χ3v) is 2.18. The lowest BCUT2D eigenvalue weighted by Gasteiger charge is -2.10. The van der Waals surface area contributed by atoms with Gasteiger partial charge in [-0.3, -0.25) is 9.78 Å². The Hall–Kier alpha value is -1.09. The second-order valence-electron chi connectivity index (χ2n) is 3.14. The summed E-state index contributed by atoms with van der Waals surface area (Å²) in [6.07, 6.45) is 2.42. The highest BCUT2D eigenvalue weighted by Gasteiger charge is 2.09. The van der Waals surface area contributed by atoms with E-state index in [1.54, 1.807) is 12.1 Å². The van der Waals surface area contributed by atoms with E-state index in [-0.39, 0.29) is 11.9 Å². The molecule has 1 N–H and O–H groups in total. The molecule has 1 aromatic heterocycles. The predicted octanol–water partition coefficient (Wildman–Crippen LogP) is 2.26. The van der Waals surface area contributed by atoms with Gasteiger partial charge in [0.15, 0.2) is 0 Å². The number of pyridine rings is 1. The second kappa shape index (κ2) is 4.96. The molecule has 76 valence electrons. The van der Waals surface area contributed by atoms with Crippen LogP contribution in [0.3, 0.4) is 0 Å². The van der Waals surface area contributed by atoms with E-state index < -0.39 is 0 Å². The number of rotatable bonds is 3. The van der Waals surface area contributed by atoms with Gasteiger partial charge in [-0.25, -0.2) is 0 Å². The Morgan fingerprint density at radius 1 is 1.71 bits per heavy atom. The van der Waals surface area contributed by atoms with Gasteiger partial charge in [0.1, 0.15) is 5.69 Å². The summed E-state index contributed by atoms with van der Waals surface area (Å²) in [5.74, 6) is -0.179. The van der Waals surface area contributed by atoms with Gasteiger partial charge in [-0.05, 0) is 25.5 Å². The molecular formula is C10H13ClN2O. The molecule has 0 radical (unpaired) electrons. The summed E-state index contributed by atoms with van der Waals surface area (Å²) in [7, 11) is 0. The number of nitrogens with one attached hydrogen (secondary N) is 1. The lowest BCUT2D eigenvalue weighted by atomic mass is 10.2. The first-order chi connectivity index (χ1) is 6.63. The standard InChI is InChI=1S/C10H13ClN2O/c1-3-7(2)13-10(14)9-6-8(11)4-5-12-9/h4-7H,3H2,1-2H3,(H,13,14). The fraction of sp³-hybridized carbons (Fsp3) is 0.400. The van der Waals surface area contributed by atoms with E-state index in [0.29, 0.717) is 10.7 Å². The quantitative estimate of drug-likeness (QED) is 0.835. The molecule has 0 aromatic carbocycles. The minimum atomic E-state index is -0.179. The summed E-state index contributed by atoms with van der Waals surface area (Å²) in [5, 5.41) is 3.34. The van der Waals surface area contributed by atoms with Crippen LogP contribution in [-0.2, 0) is 0 Å². The highest BCUT2D eigenvalue weighted by Crippen LogP contribution is 2.07. The molecule has 3 nitrogen and oxygen atoms in total. The van der Waals surface area contributed by atoms with Gasteiger partial charge in [-0.15, -0.1) is 0 Å². The Kier molecular flexibility index (Phi) is 3.89. The lowest BCUT2D eigenvalue weighted by molar-refractivity contribution is 0.0934. The number of amides is 1. The molecule has 0 fully saturated rings. The van der Waals surface area contributed by atoms with Crippen LogP contribution in [0.1, 0.15) is 30.8 Å². The van der Waals surface area contributed by atoms with Gasteiger partial charge in [-0.2, -0.15) is 0 Å². The highest BCUT2D eigenvalue weighted by atomic mass is 35.5. The summed E-state index contributed by atoms with van der Waals surface area (Å²) in [6, 6.07) is 3.35. The van der Waals surface area contributed by atoms with Crippen LogP contribution in [0.25, 0.3) is 0 Å². The van der Waals surface area contributed by atoms with Crippen LogP contribution in [-0.4, -0.2) is 16.9 Å². The van der Waals surface area contributed by atoms with Crippen LogP contribution in [0.5, 0.6) is 0 Å². The van der Waals surface area contributed by atoms with Crippen LogP contribution < -0.4 is 5.32 Å². The Labute approximate surface area is 88.5 Å². The maximum atomic E-state index is 11.5. The molecule has 1 aromatic rings. The summed E-state index contributed by atoms with van der Waals surface area (Å²) in [6.45, 7) is 3.96. The minimum absolute atomic E-state index is 0.156. The van der Waals surface area contributed by atoms with Crippen LogP contribution in [0, 0.1) is 0 Å². The van der Waals surface area contributed by atoms with Crippen molar-refractivity contribution in [2.75, 3.05) is 0 Å². The number of carbonyl (C=O) groups excluding carboxylic acids is 1. The molecule has 0 saturated carbocycles. The van der Waals surface area contributed by atoms with Crippen molar-refractivity contribution in [3.8, 4) is 0 Å². The van der Waals surface area contributed by atoms with Crippen molar-refractivity contribution >= 4 is 17.5 Å². The maximum absolute atomic E-state index is 11.5. The van der Waals surface area contributed by atoms with Gasteiger partial charge in [0.25, 0.3) is 5.91 Å². The predicted molar refractivity (Wildman–Crippen MR) is 56.5 cm³/mol. The Bertz CT molecular complexity index is 328. The van der Waals surface area contributed by atoms with Gasteiger partial charge >= 0.3 is 0 Å². The van der Waals surface area contributed by atoms with Crippen LogP contribution in [0.15, 0.2) is 18.3 Å². The molecule has 1 amide bonds. The van der Waals surface area contributed by atoms with E-state index in [0.717, 1.165) is 6.42 Å². The van der Waals surface area contributed by atoms with E-state index in [1.165, 1.54) is 6.20 Å². The average Bonchev–Trinajstić information content (AvgIpc) is 2.17.